The second-order valence-electron chi connectivity index (χ2n) is 7.47. The molecule has 1 aliphatic rings. The van der Waals surface area contributed by atoms with Crippen LogP contribution in [0.25, 0.3) is 22.4 Å². The number of amides is 1. The van der Waals surface area contributed by atoms with E-state index in [0.717, 1.165) is 28.5 Å². The number of hydrogen-bond donors (Lipinski definition) is 1. The predicted molar refractivity (Wildman–Crippen MR) is 111 cm³/mol. The van der Waals surface area contributed by atoms with E-state index in [2.05, 4.69) is 15.3 Å². The van der Waals surface area contributed by atoms with Crippen LogP contribution in [0, 0.1) is 6.92 Å². The van der Waals surface area contributed by atoms with E-state index in [1.807, 2.05) is 31.2 Å². The van der Waals surface area contributed by atoms with Crippen LogP contribution in [0.2, 0.25) is 0 Å². The second-order valence-corrected chi connectivity index (χ2v) is 7.47. The number of hydrogen-bond acceptors (Lipinski definition) is 6. The topological polar surface area (TPSA) is 108 Å². The highest BCUT2D eigenvalue weighted by molar-refractivity contribution is 5.78. The smallest absolute Gasteiger partial charge is 0.332 e. The highest BCUT2D eigenvalue weighted by Gasteiger charge is 2.19. The predicted octanol–water partition coefficient (Wildman–Crippen LogP) is 0.761. The summed E-state index contributed by atoms with van der Waals surface area (Å²) >= 11 is 0. The Kier molecular flexibility index (Phi) is 5.45. The molecule has 1 amide bonds. The number of nitrogens with zero attached hydrogens (tertiary/aromatic N) is 4. The standard InChI is InChI=1S/C21H23N5O4/c1-13-5-7-14(8-6-13)18-23-11-16-19(24-18)25(2)21(29)26(20(16)28)12-17(27)22-10-15-4-3-9-30-15/h5-8,11,15H,3-4,9-10,12H2,1-2H3,(H,22,27)/t15-/m0/s1. The van der Waals surface area contributed by atoms with Crippen molar-refractivity contribution in [2.45, 2.75) is 32.4 Å². The zero-order valence-electron chi connectivity index (χ0n) is 16.9. The molecule has 0 unspecified atom stereocenters. The molecule has 0 saturated carbocycles. The van der Waals surface area contributed by atoms with Gasteiger partial charge in [0.05, 0.1) is 6.10 Å². The lowest BCUT2D eigenvalue weighted by Crippen LogP contribution is -2.44. The molecule has 1 aliphatic heterocycles. The molecule has 156 valence electrons. The number of rotatable bonds is 5. The zero-order chi connectivity index (χ0) is 21.3. The number of nitrogens with one attached hydrogen (secondary N) is 1. The van der Waals surface area contributed by atoms with E-state index >= 15 is 0 Å². The largest absolute Gasteiger partial charge is 0.376 e. The van der Waals surface area contributed by atoms with Crippen molar-refractivity contribution >= 4 is 16.9 Å². The minimum Gasteiger partial charge on any atom is -0.376 e. The van der Waals surface area contributed by atoms with Crippen LogP contribution in [0.15, 0.2) is 40.1 Å². The van der Waals surface area contributed by atoms with Gasteiger partial charge in [-0.2, -0.15) is 0 Å². The summed E-state index contributed by atoms with van der Waals surface area (Å²) < 4.78 is 7.64. The number of ether oxygens (including phenoxy) is 1. The van der Waals surface area contributed by atoms with Crippen LogP contribution in [0.1, 0.15) is 18.4 Å². The first kappa shape index (κ1) is 20.0. The van der Waals surface area contributed by atoms with Crippen molar-refractivity contribution in [3.05, 3.63) is 56.9 Å². The summed E-state index contributed by atoms with van der Waals surface area (Å²) in [6.07, 6.45) is 3.24. The van der Waals surface area contributed by atoms with Gasteiger partial charge in [-0.3, -0.25) is 18.7 Å². The van der Waals surface area contributed by atoms with Crippen LogP contribution in [-0.4, -0.2) is 44.3 Å². The highest BCUT2D eigenvalue weighted by Crippen LogP contribution is 2.17. The molecular weight excluding hydrogens is 386 g/mol. The minimum absolute atomic E-state index is 0.0151. The minimum atomic E-state index is -0.603. The Balaban J connectivity index is 1.64. The molecule has 3 heterocycles. The van der Waals surface area contributed by atoms with Gasteiger partial charge >= 0.3 is 5.69 Å². The fraction of sp³-hybridized carbons (Fsp3) is 0.381. The first-order chi connectivity index (χ1) is 14.4. The number of carbonyl (C=O) groups is 1. The van der Waals surface area contributed by atoms with Crippen LogP contribution < -0.4 is 16.6 Å². The molecule has 0 radical (unpaired) electrons. The third-order valence-corrected chi connectivity index (χ3v) is 5.24. The number of aromatic nitrogens is 4. The number of fused-ring (bicyclic) bond motifs is 1. The molecule has 9 heteroatoms. The van der Waals surface area contributed by atoms with Crippen molar-refractivity contribution < 1.29 is 9.53 Å². The van der Waals surface area contributed by atoms with Gasteiger partial charge in [-0.15, -0.1) is 0 Å². The Morgan fingerprint density at radius 2 is 2.03 bits per heavy atom. The molecule has 1 atom stereocenters. The summed E-state index contributed by atoms with van der Waals surface area (Å²) in [5, 5.41) is 2.91. The molecule has 1 saturated heterocycles. The van der Waals surface area contributed by atoms with Crippen molar-refractivity contribution in [1.29, 1.82) is 0 Å². The molecule has 3 aromatic rings. The van der Waals surface area contributed by atoms with Gasteiger partial charge in [-0.05, 0) is 19.8 Å². The lowest BCUT2D eigenvalue weighted by Gasteiger charge is -2.13. The lowest BCUT2D eigenvalue weighted by atomic mass is 10.1. The summed E-state index contributed by atoms with van der Waals surface area (Å²) in [6.45, 7) is 2.67. The molecule has 2 aromatic heterocycles. The van der Waals surface area contributed by atoms with Gasteiger partial charge in [0, 0.05) is 32.0 Å². The summed E-state index contributed by atoms with van der Waals surface area (Å²) in [6, 6.07) is 7.65. The summed E-state index contributed by atoms with van der Waals surface area (Å²) in [4.78, 5) is 46.6. The lowest BCUT2D eigenvalue weighted by molar-refractivity contribution is -0.122. The third-order valence-electron chi connectivity index (χ3n) is 5.24. The van der Waals surface area contributed by atoms with Crippen molar-refractivity contribution in [2.24, 2.45) is 7.05 Å². The molecule has 30 heavy (non-hydrogen) atoms. The van der Waals surface area contributed by atoms with Gasteiger partial charge in [0.2, 0.25) is 5.91 Å². The fourth-order valence-electron chi connectivity index (χ4n) is 3.50. The van der Waals surface area contributed by atoms with E-state index in [1.165, 1.54) is 17.8 Å². The normalized spacial score (nSPS) is 16.1. The van der Waals surface area contributed by atoms with Gasteiger partial charge in [0.25, 0.3) is 5.56 Å². The second kappa shape index (κ2) is 8.19. The zero-order valence-corrected chi connectivity index (χ0v) is 16.9. The molecule has 4 rings (SSSR count). The molecule has 0 aliphatic carbocycles. The van der Waals surface area contributed by atoms with E-state index in [9.17, 15) is 14.4 Å². The average molecular weight is 409 g/mol. The van der Waals surface area contributed by atoms with Crippen LogP contribution in [0.4, 0.5) is 0 Å². The molecule has 1 aromatic carbocycles. The van der Waals surface area contributed by atoms with Gasteiger partial charge < -0.3 is 10.1 Å². The van der Waals surface area contributed by atoms with E-state index in [1.54, 1.807) is 0 Å². The van der Waals surface area contributed by atoms with E-state index in [4.69, 9.17) is 4.74 Å². The molecule has 1 fully saturated rings. The van der Waals surface area contributed by atoms with Crippen LogP contribution >= 0.6 is 0 Å². The molecule has 1 N–H and O–H groups in total. The van der Waals surface area contributed by atoms with Gasteiger partial charge in [-0.25, -0.2) is 14.8 Å². The Labute approximate surface area is 172 Å². The molecule has 9 nitrogen and oxygen atoms in total. The van der Waals surface area contributed by atoms with Crippen molar-refractivity contribution in [2.75, 3.05) is 13.2 Å². The highest BCUT2D eigenvalue weighted by atomic mass is 16.5. The van der Waals surface area contributed by atoms with Crippen LogP contribution in [0.5, 0.6) is 0 Å². The maximum Gasteiger partial charge on any atom is 0.332 e. The monoisotopic (exact) mass is 409 g/mol. The van der Waals surface area contributed by atoms with Crippen molar-refractivity contribution in [1.82, 2.24) is 24.4 Å². The van der Waals surface area contributed by atoms with E-state index < -0.39 is 17.2 Å². The number of carbonyl (C=O) groups excluding carboxylic acids is 1. The van der Waals surface area contributed by atoms with Crippen LogP contribution in [-0.2, 0) is 23.1 Å². The molecule has 0 spiro atoms. The quantitative estimate of drug-likeness (QED) is 0.667. The van der Waals surface area contributed by atoms with Crippen molar-refractivity contribution in [3.8, 4) is 11.4 Å². The maximum absolute atomic E-state index is 12.9. The SMILES string of the molecule is Cc1ccc(-c2ncc3c(=O)n(CC(=O)NC[C@@H]4CCCO4)c(=O)n(C)c3n2)cc1. The van der Waals surface area contributed by atoms with Crippen LogP contribution in [0.3, 0.4) is 0 Å². The summed E-state index contributed by atoms with van der Waals surface area (Å²) in [5.74, 6) is 0.00482. The Bertz CT molecular complexity index is 1210. The fourth-order valence-corrected chi connectivity index (χ4v) is 3.50. The summed E-state index contributed by atoms with van der Waals surface area (Å²) in [5.41, 5.74) is 0.927. The van der Waals surface area contributed by atoms with Gasteiger partial charge in [-0.1, -0.05) is 29.8 Å². The number of benzene rings is 1. The van der Waals surface area contributed by atoms with Crippen molar-refractivity contribution in [3.63, 3.8) is 0 Å². The molecule has 0 bridgehead atoms. The summed E-state index contributed by atoms with van der Waals surface area (Å²) in [7, 11) is 1.52. The first-order valence-electron chi connectivity index (χ1n) is 9.86. The molecular formula is C21H23N5O4. The van der Waals surface area contributed by atoms with E-state index in [-0.39, 0.29) is 23.7 Å². The third kappa shape index (κ3) is 3.88. The van der Waals surface area contributed by atoms with E-state index in [0.29, 0.717) is 19.0 Å². The van der Waals surface area contributed by atoms with Gasteiger partial charge in [0.15, 0.2) is 11.5 Å². The average Bonchev–Trinajstić information content (AvgIpc) is 3.27. The first-order valence-corrected chi connectivity index (χ1v) is 9.86. The Morgan fingerprint density at radius 3 is 2.73 bits per heavy atom. The maximum atomic E-state index is 12.9. The number of aryl methyl sites for hydroxylation is 2. The Morgan fingerprint density at radius 1 is 1.27 bits per heavy atom. The Hall–Kier alpha value is -3.33. The van der Waals surface area contributed by atoms with Gasteiger partial charge in [0.1, 0.15) is 11.9 Å².